The highest BCUT2D eigenvalue weighted by Crippen LogP contribution is 2.26. The van der Waals surface area contributed by atoms with Crippen molar-refractivity contribution in [2.24, 2.45) is 18.7 Å². The number of benzene rings is 1. The maximum Gasteiger partial charge on any atom is 0.329 e. The van der Waals surface area contributed by atoms with Crippen molar-refractivity contribution in [1.29, 1.82) is 0 Å². The molecular weight excluding hydrogens is 360 g/mol. The average molecular weight is 382 g/mol. The van der Waals surface area contributed by atoms with Gasteiger partial charge in [0.2, 0.25) is 11.9 Å². The third-order valence-electron chi connectivity index (χ3n) is 5.35. The van der Waals surface area contributed by atoms with Gasteiger partial charge in [0.05, 0.1) is 6.54 Å². The number of fused-ring (bicyclic) bond motifs is 1. The summed E-state index contributed by atoms with van der Waals surface area (Å²) in [7, 11) is 1.59. The zero-order chi connectivity index (χ0) is 19.8. The molecule has 1 aliphatic heterocycles. The molecule has 0 atom stereocenters. The number of aryl methyl sites for hydroxylation is 1. The second-order valence-electron chi connectivity index (χ2n) is 7.14. The lowest BCUT2D eigenvalue weighted by Gasteiger charge is -2.31. The number of carbonyl (C=O) groups is 1. The van der Waals surface area contributed by atoms with E-state index in [4.69, 9.17) is 5.73 Å². The van der Waals surface area contributed by atoms with Gasteiger partial charge in [-0.1, -0.05) is 30.3 Å². The largest absolute Gasteiger partial charge is 0.369 e. The third-order valence-corrected chi connectivity index (χ3v) is 5.35. The van der Waals surface area contributed by atoms with Gasteiger partial charge < -0.3 is 10.6 Å². The lowest BCUT2D eigenvalue weighted by atomic mass is 9.96. The van der Waals surface area contributed by atoms with Crippen LogP contribution in [0.1, 0.15) is 18.4 Å². The molecule has 9 heteroatoms. The predicted octanol–water partition coefficient (Wildman–Crippen LogP) is 0.173. The lowest BCUT2D eigenvalue weighted by molar-refractivity contribution is -0.122. The smallest absolute Gasteiger partial charge is 0.329 e. The standard InChI is InChI=1S/C19H22N6O3/c1-23-16-14(17(27)22-19(23)28)25(11-12-5-3-2-4-6-12)18(21-16)24-9-7-13(8-10-24)15(20)26/h2-6,13H,7-11H2,1H3,(H2,20,26)(H,22,27,28). The van der Waals surface area contributed by atoms with Gasteiger partial charge in [-0.05, 0) is 18.4 Å². The van der Waals surface area contributed by atoms with Crippen LogP contribution < -0.4 is 21.9 Å². The van der Waals surface area contributed by atoms with Crippen molar-refractivity contribution in [1.82, 2.24) is 19.1 Å². The Labute approximate surface area is 160 Å². The molecule has 0 unspecified atom stereocenters. The quantitative estimate of drug-likeness (QED) is 0.667. The highest BCUT2D eigenvalue weighted by molar-refractivity contribution is 5.77. The Kier molecular flexibility index (Phi) is 4.50. The average Bonchev–Trinajstić information content (AvgIpc) is 3.07. The molecule has 1 aromatic carbocycles. The van der Waals surface area contributed by atoms with Crippen LogP contribution in [-0.2, 0) is 18.4 Å². The Morgan fingerprint density at radius 3 is 2.54 bits per heavy atom. The summed E-state index contributed by atoms with van der Waals surface area (Å²) in [5.74, 6) is 0.195. The van der Waals surface area contributed by atoms with E-state index in [2.05, 4.69) is 9.97 Å². The molecule has 1 amide bonds. The molecule has 28 heavy (non-hydrogen) atoms. The third kappa shape index (κ3) is 3.08. The molecular formula is C19H22N6O3. The van der Waals surface area contributed by atoms with Gasteiger partial charge in [-0.15, -0.1) is 0 Å². The maximum atomic E-state index is 12.6. The molecule has 1 fully saturated rings. The van der Waals surface area contributed by atoms with Crippen LogP contribution in [0.15, 0.2) is 39.9 Å². The summed E-state index contributed by atoms with van der Waals surface area (Å²) in [4.78, 5) is 45.1. The van der Waals surface area contributed by atoms with Gasteiger partial charge in [0.1, 0.15) is 0 Å². The SMILES string of the molecule is Cn1c(=O)[nH]c(=O)c2c1nc(N1CCC(C(N)=O)CC1)n2Cc1ccccc1. The highest BCUT2D eigenvalue weighted by atomic mass is 16.2. The molecule has 0 radical (unpaired) electrons. The van der Waals surface area contributed by atoms with Gasteiger partial charge in [0.15, 0.2) is 11.2 Å². The number of carbonyl (C=O) groups excluding carboxylic acids is 1. The monoisotopic (exact) mass is 382 g/mol. The summed E-state index contributed by atoms with van der Waals surface area (Å²) < 4.78 is 3.19. The summed E-state index contributed by atoms with van der Waals surface area (Å²) in [6.07, 6.45) is 1.28. The number of imidazole rings is 1. The molecule has 3 heterocycles. The van der Waals surface area contributed by atoms with E-state index in [0.29, 0.717) is 49.6 Å². The molecule has 1 saturated heterocycles. The first-order chi connectivity index (χ1) is 13.5. The van der Waals surface area contributed by atoms with E-state index in [9.17, 15) is 14.4 Å². The van der Waals surface area contributed by atoms with Crippen molar-refractivity contribution < 1.29 is 4.79 Å². The first kappa shape index (κ1) is 18.0. The van der Waals surface area contributed by atoms with Crippen molar-refractivity contribution in [3.05, 3.63) is 56.7 Å². The van der Waals surface area contributed by atoms with E-state index >= 15 is 0 Å². The van der Waals surface area contributed by atoms with Gasteiger partial charge in [0.25, 0.3) is 5.56 Å². The van der Waals surface area contributed by atoms with Crippen LogP contribution in [0.4, 0.5) is 5.95 Å². The second kappa shape index (κ2) is 6.99. The number of rotatable bonds is 4. The normalized spacial score (nSPS) is 15.2. The topological polar surface area (TPSA) is 119 Å². The van der Waals surface area contributed by atoms with E-state index in [-0.39, 0.29) is 11.8 Å². The number of aromatic amines is 1. The summed E-state index contributed by atoms with van der Waals surface area (Å²) >= 11 is 0. The number of amides is 1. The number of H-pyrrole nitrogens is 1. The zero-order valence-electron chi connectivity index (χ0n) is 15.6. The number of nitrogens with one attached hydrogen (secondary N) is 1. The van der Waals surface area contributed by atoms with Gasteiger partial charge in [-0.25, -0.2) is 4.79 Å². The van der Waals surface area contributed by atoms with Crippen molar-refractivity contribution in [3.8, 4) is 0 Å². The number of hydrogen-bond donors (Lipinski definition) is 2. The molecule has 3 aromatic rings. The maximum absolute atomic E-state index is 12.6. The predicted molar refractivity (Wildman–Crippen MR) is 105 cm³/mol. The second-order valence-corrected chi connectivity index (χ2v) is 7.14. The first-order valence-corrected chi connectivity index (χ1v) is 9.23. The van der Waals surface area contributed by atoms with Crippen molar-refractivity contribution >= 4 is 23.0 Å². The van der Waals surface area contributed by atoms with E-state index < -0.39 is 11.2 Å². The van der Waals surface area contributed by atoms with Gasteiger partial charge in [-0.2, -0.15) is 4.98 Å². The zero-order valence-corrected chi connectivity index (χ0v) is 15.6. The van der Waals surface area contributed by atoms with E-state index in [1.165, 1.54) is 4.57 Å². The molecule has 9 nitrogen and oxygen atoms in total. The number of primary amides is 1. The molecule has 0 bridgehead atoms. The van der Waals surface area contributed by atoms with Crippen LogP contribution in [0.25, 0.3) is 11.2 Å². The number of piperidine rings is 1. The summed E-state index contributed by atoms with van der Waals surface area (Å²) in [5.41, 5.74) is 6.20. The molecule has 0 aliphatic carbocycles. The van der Waals surface area contributed by atoms with Crippen LogP contribution in [0.2, 0.25) is 0 Å². The minimum Gasteiger partial charge on any atom is -0.369 e. The Balaban J connectivity index is 1.83. The fourth-order valence-electron chi connectivity index (χ4n) is 3.74. The number of anilines is 1. The van der Waals surface area contributed by atoms with Crippen molar-refractivity contribution in [2.75, 3.05) is 18.0 Å². The lowest BCUT2D eigenvalue weighted by Crippen LogP contribution is -2.39. The summed E-state index contributed by atoms with van der Waals surface area (Å²) in [6.45, 7) is 1.67. The van der Waals surface area contributed by atoms with Crippen molar-refractivity contribution in [3.63, 3.8) is 0 Å². The molecule has 2 aromatic heterocycles. The number of hydrogen-bond acceptors (Lipinski definition) is 5. The Morgan fingerprint density at radius 2 is 1.89 bits per heavy atom. The van der Waals surface area contributed by atoms with E-state index in [1.54, 1.807) is 7.05 Å². The number of aromatic nitrogens is 4. The molecule has 1 aliphatic rings. The van der Waals surface area contributed by atoms with Gasteiger partial charge in [-0.3, -0.25) is 23.7 Å². The van der Waals surface area contributed by atoms with Crippen LogP contribution in [0.5, 0.6) is 0 Å². The van der Waals surface area contributed by atoms with E-state index in [0.717, 1.165) is 5.56 Å². The number of nitrogens with zero attached hydrogens (tertiary/aromatic N) is 4. The van der Waals surface area contributed by atoms with Gasteiger partial charge in [0, 0.05) is 26.1 Å². The number of nitrogens with two attached hydrogens (primary N) is 1. The Bertz CT molecular complexity index is 1140. The molecule has 4 rings (SSSR count). The summed E-state index contributed by atoms with van der Waals surface area (Å²) in [6, 6.07) is 9.76. The Hall–Kier alpha value is -3.36. The molecule has 0 saturated carbocycles. The Morgan fingerprint density at radius 1 is 1.21 bits per heavy atom. The van der Waals surface area contributed by atoms with Crippen LogP contribution in [0.3, 0.4) is 0 Å². The molecule has 3 N–H and O–H groups in total. The minimum absolute atomic E-state index is 0.143. The first-order valence-electron chi connectivity index (χ1n) is 9.23. The highest BCUT2D eigenvalue weighted by Gasteiger charge is 2.27. The minimum atomic E-state index is -0.499. The van der Waals surface area contributed by atoms with Crippen molar-refractivity contribution in [2.45, 2.75) is 19.4 Å². The molecule has 0 spiro atoms. The fraction of sp³-hybridized carbons (Fsp3) is 0.368. The molecule has 146 valence electrons. The van der Waals surface area contributed by atoms with E-state index in [1.807, 2.05) is 39.8 Å². The van der Waals surface area contributed by atoms with Crippen LogP contribution in [0, 0.1) is 5.92 Å². The summed E-state index contributed by atoms with van der Waals surface area (Å²) in [5, 5.41) is 0. The van der Waals surface area contributed by atoms with Gasteiger partial charge >= 0.3 is 5.69 Å². The van der Waals surface area contributed by atoms with Crippen LogP contribution in [-0.4, -0.2) is 38.1 Å². The van der Waals surface area contributed by atoms with Crippen LogP contribution >= 0.6 is 0 Å². The fourth-order valence-corrected chi connectivity index (χ4v) is 3.74.